The first kappa shape index (κ1) is 11.0. The third kappa shape index (κ3) is 2.06. The summed E-state index contributed by atoms with van der Waals surface area (Å²) in [7, 11) is 0. The molecule has 0 amide bonds. The van der Waals surface area contributed by atoms with Gasteiger partial charge in [-0.1, -0.05) is 22.0 Å². The number of hydrogen-bond acceptors (Lipinski definition) is 4. The van der Waals surface area contributed by atoms with Crippen molar-refractivity contribution < 1.29 is 14.6 Å². The molecule has 2 unspecified atom stereocenters. The molecule has 0 spiro atoms. The van der Waals surface area contributed by atoms with Gasteiger partial charge < -0.3 is 14.6 Å². The lowest BCUT2D eigenvalue weighted by Gasteiger charge is -2.24. The van der Waals surface area contributed by atoms with Gasteiger partial charge in [0.05, 0.1) is 18.5 Å². The maximum Gasteiger partial charge on any atom is 0.222 e. The molecule has 5 heteroatoms. The second kappa shape index (κ2) is 4.57. The maximum atomic E-state index is 9.00. The number of rotatable bonds is 3. The number of aliphatic hydroxyl groups is 1. The van der Waals surface area contributed by atoms with Crippen LogP contribution in [0.5, 0.6) is 0 Å². The molecule has 1 aliphatic rings. The predicted octanol–water partition coefficient (Wildman–Crippen LogP) is 1.04. The number of halogens is 1. The van der Waals surface area contributed by atoms with Gasteiger partial charge in [-0.2, -0.15) is 0 Å². The highest BCUT2D eigenvalue weighted by Gasteiger charge is 2.43. The minimum absolute atomic E-state index is 0.0401. The molecule has 1 fully saturated rings. The predicted molar refractivity (Wildman–Crippen MR) is 57.6 cm³/mol. The van der Waals surface area contributed by atoms with Crippen LogP contribution < -0.4 is 0 Å². The van der Waals surface area contributed by atoms with Crippen molar-refractivity contribution in [3.63, 3.8) is 0 Å². The van der Waals surface area contributed by atoms with E-state index in [1.807, 2.05) is 18.2 Å². The van der Waals surface area contributed by atoms with E-state index in [4.69, 9.17) is 14.6 Å². The summed E-state index contributed by atoms with van der Waals surface area (Å²) in [4.78, 5) is 4.21. The van der Waals surface area contributed by atoms with E-state index in [1.54, 1.807) is 6.20 Å². The molecule has 0 aliphatic carbocycles. The lowest BCUT2D eigenvalue weighted by atomic mass is 10.2. The molecular formula is C10H12BrNO3. The van der Waals surface area contributed by atoms with E-state index < -0.39 is 5.79 Å². The van der Waals surface area contributed by atoms with E-state index in [-0.39, 0.29) is 12.7 Å². The molecule has 0 bridgehead atoms. The Morgan fingerprint density at radius 1 is 1.60 bits per heavy atom. The second-order valence-corrected chi connectivity index (χ2v) is 3.90. The van der Waals surface area contributed by atoms with Crippen molar-refractivity contribution in [2.45, 2.75) is 11.9 Å². The minimum atomic E-state index is -0.853. The molecule has 1 N–H and O–H groups in total. The van der Waals surface area contributed by atoms with Crippen LogP contribution in [0, 0.1) is 0 Å². The summed E-state index contributed by atoms with van der Waals surface area (Å²) < 4.78 is 11.2. The van der Waals surface area contributed by atoms with Crippen molar-refractivity contribution in [2.75, 3.05) is 18.5 Å². The number of pyridine rings is 1. The number of aliphatic hydroxyl groups excluding tert-OH is 1. The van der Waals surface area contributed by atoms with Crippen molar-refractivity contribution in [3.05, 3.63) is 30.1 Å². The Morgan fingerprint density at radius 3 is 3.00 bits per heavy atom. The van der Waals surface area contributed by atoms with Gasteiger partial charge in [-0.25, -0.2) is 0 Å². The zero-order valence-corrected chi connectivity index (χ0v) is 9.68. The van der Waals surface area contributed by atoms with E-state index in [0.29, 0.717) is 11.9 Å². The van der Waals surface area contributed by atoms with Gasteiger partial charge in [-0.3, -0.25) is 4.98 Å². The van der Waals surface area contributed by atoms with Gasteiger partial charge in [0, 0.05) is 6.20 Å². The Balaban J connectivity index is 2.24. The fourth-order valence-corrected chi connectivity index (χ4v) is 2.10. The van der Waals surface area contributed by atoms with Crippen LogP contribution in [0.4, 0.5) is 0 Å². The summed E-state index contributed by atoms with van der Waals surface area (Å²) in [5.74, 6) is -0.853. The Bertz CT molecular complexity index is 322. The lowest BCUT2D eigenvalue weighted by molar-refractivity contribution is -0.163. The molecule has 82 valence electrons. The summed E-state index contributed by atoms with van der Waals surface area (Å²) in [6.45, 7) is 0.347. The summed E-state index contributed by atoms with van der Waals surface area (Å²) in [5, 5.41) is 9.49. The largest absolute Gasteiger partial charge is 0.394 e. The number of nitrogens with zero attached hydrogens (tertiary/aromatic N) is 1. The van der Waals surface area contributed by atoms with E-state index in [0.717, 1.165) is 5.69 Å². The summed E-state index contributed by atoms with van der Waals surface area (Å²) in [6, 6.07) is 5.57. The minimum Gasteiger partial charge on any atom is -0.394 e. The molecule has 4 nitrogen and oxygen atoms in total. The van der Waals surface area contributed by atoms with Gasteiger partial charge in [-0.15, -0.1) is 0 Å². The van der Waals surface area contributed by atoms with Crippen molar-refractivity contribution >= 4 is 15.9 Å². The fraction of sp³-hybridized carbons (Fsp3) is 0.500. The normalized spacial score (nSPS) is 30.7. The molecule has 2 rings (SSSR count). The van der Waals surface area contributed by atoms with E-state index >= 15 is 0 Å². The standard InChI is InChI=1S/C10H12BrNO3/c11-7-10(9-3-1-2-4-12-9)14-6-8(5-13)15-10/h1-4,8,13H,5-7H2. The summed E-state index contributed by atoms with van der Waals surface area (Å²) in [6.07, 6.45) is 1.42. The quantitative estimate of drug-likeness (QED) is 0.837. The Kier molecular flexibility index (Phi) is 3.35. The molecule has 15 heavy (non-hydrogen) atoms. The van der Waals surface area contributed by atoms with Crippen molar-refractivity contribution in [1.29, 1.82) is 0 Å². The van der Waals surface area contributed by atoms with Crippen LogP contribution in [0.3, 0.4) is 0 Å². The molecule has 2 heterocycles. The molecule has 1 aromatic heterocycles. The zero-order chi connectivity index (χ0) is 10.7. The maximum absolute atomic E-state index is 9.00. The van der Waals surface area contributed by atoms with Crippen molar-refractivity contribution in [3.8, 4) is 0 Å². The first-order valence-electron chi connectivity index (χ1n) is 4.71. The molecule has 0 aromatic carbocycles. The highest BCUT2D eigenvalue weighted by molar-refractivity contribution is 9.09. The van der Waals surface area contributed by atoms with Gasteiger partial charge in [0.25, 0.3) is 0 Å². The van der Waals surface area contributed by atoms with Crippen LogP contribution in [-0.2, 0) is 15.3 Å². The first-order valence-corrected chi connectivity index (χ1v) is 5.83. The zero-order valence-electron chi connectivity index (χ0n) is 8.10. The third-order valence-corrected chi connectivity index (χ3v) is 3.03. The second-order valence-electron chi connectivity index (χ2n) is 3.33. The van der Waals surface area contributed by atoms with Gasteiger partial charge in [0.15, 0.2) is 0 Å². The van der Waals surface area contributed by atoms with E-state index in [1.165, 1.54) is 0 Å². The number of alkyl halides is 1. The average Bonchev–Trinajstić information content (AvgIpc) is 2.75. The lowest BCUT2D eigenvalue weighted by Crippen LogP contribution is -2.31. The molecule has 1 aliphatic heterocycles. The Morgan fingerprint density at radius 2 is 2.47 bits per heavy atom. The fourth-order valence-electron chi connectivity index (χ4n) is 1.52. The van der Waals surface area contributed by atoms with Crippen LogP contribution in [-0.4, -0.2) is 34.7 Å². The van der Waals surface area contributed by atoms with E-state index in [2.05, 4.69) is 20.9 Å². The Hall–Kier alpha value is -0.490. The SMILES string of the molecule is OCC1COC(CBr)(c2ccccn2)O1. The highest BCUT2D eigenvalue weighted by Crippen LogP contribution is 2.34. The number of aromatic nitrogens is 1. The average molecular weight is 274 g/mol. The molecule has 1 saturated heterocycles. The van der Waals surface area contributed by atoms with Gasteiger partial charge in [0.2, 0.25) is 5.79 Å². The highest BCUT2D eigenvalue weighted by atomic mass is 79.9. The van der Waals surface area contributed by atoms with Crippen molar-refractivity contribution in [2.24, 2.45) is 0 Å². The van der Waals surface area contributed by atoms with Crippen LogP contribution >= 0.6 is 15.9 Å². The first-order chi connectivity index (χ1) is 7.30. The molecule has 1 aromatic rings. The van der Waals surface area contributed by atoms with Crippen LogP contribution in [0.15, 0.2) is 24.4 Å². The van der Waals surface area contributed by atoms with Gasteiger partial charge in [0.1, 0.15) is 11.8 Å². The number of ether oxygens (including phenoxy) is 2. The smallest absolute Gasteiger partial charge is 0.222 e. The van der Waals surface area contributed by atoms with Crippen molar-refractivity contribution in [1.82, 2.24) is 4.98 Å². The van der Waals surface area contributed by atoms with Crippen LogP contribution in [0.2, 0.25) is 0 Å². The van der Waals surface area contributed by atoms with Gasteiger partial charge in [-0.05, 0) is 12.1 Å². The topological polar surface area (TPSA) is 51.6 Å². The number of hydrogen-bond donors (Lipinski definition) is 1. The molecule has 0 saturated carbocycles. The van der Waals surface area contributed by atoms with Gasteiger partial charge >= 0.3 is 0 Å². The molecule has 0 radical (unpaired) electrons. The summed E-state index contributed by atoms with van der Waals surface area (Å²) >= 11 is 3.36. The summed E-state index contributed by atoms with van der Waals surface area (Å²) in [5.41, 5.74) is 0.720. The third-order valence-electron chi connectivity index (χ3n) is 2.29. The molecular weight excluding hydrogens is 262 g/mol. The monoisotopic (exact) mass is 273 g/mol. The Labute approximate surface area is 96.4 Å². The van der Waals surface area contributed by atoms with E-state index in [9.17, 15) is 0 Å². The van der Waals surface area contributed by atoms with Crippen LogP contribution in [0.1, 0.15) is 5.69 Å². The van der Waals surface area contributed by atoms with Crippen LogP contribution in [0.25, 0.3) is 0 Å². The molecule has 2 atom stereocenters.